The van der Waals surface area contributed by atoms with Gasteiger partial charge in [-0.25, -0.2) is 0 Å². The molecule has 0 aliphatic carbocycles. The van der Waals surface area contributed by atoms with Crippen LogP contribution >= 0.6 is 0 Å². The van der Waals surface area contributed by atoms with Gasteiger partial charge in [-0.05, 0) is 57.4 Å². The number of esters is 1. The highest BCUT2D eigenvalue weighted by Gasteiger charge is 2.55. The second-order valence-electron chi connectivity index (χ2n) is 11.3. The molecule has 2 aromatic carbocycles. The van der Waals surface area contributed by atoms with Crippen molar-refractivity contribution in [2.24, 2.45) is 5.92 Å². The summed E-state index contributed by atoms with van der Waals surface area (Å²) in [6, 6.07) is 14.1. The first-order chi connectivity index (χ1) is 19.7. The van der Waals surface area contributed by atoms with E-state index in [0.29, 0.717) is 69.6 Å². The van der Waals surface area contributed by atoms with Gasteiger partial charge in [-0.15, -0.1) is 0 Å². The summed E-state index contributed by atoms with van der Waals surface area (Å²) >= 11 is 0. The monoisotopic (exact) mass is 561 g/mol. The SMILES string of the molecule is CCOC(=O)C1CCN(C(=O)[C@@H]2COC3(CCN(C(=O)c4ccccc4C)CC3)N2C(=O)c2ccc(C)cc2)CC1. The lowest BCUT2D eigenvalue weighted by Crippen LogP contribution is -2.60. The summed E-state index contributed by atoms with van der Waals surface area (Å²) in [5.41, 5.74) is 2.14. The molecule has 9 nitrogen and oxygen atoms in total. The molecule has 0 bridgehead atoms. The van der Waals surface area contributed by atoms with Crippen LogP contribution in [0.4, 0.5) is 0 Å². The van der Waals surface area contributed by atoms with Gasteiger partial charge < -0.3 is 19.3 Å². The van der Waals surface area contributed by atoms with Crippen LogP contribution in [0.5, 0.6) is 0 Å². The Balaban J connectivity index is 1.35. The van der Waals surface area contributed by atoms with Gasteiger partial charge >= 0.3 is 5.97 Å². The zero-order valence-corrected chi connectivity index (χ0v) is 24.1. The van der Waals surface area contributed by atoms with E-state index in [2.05, 4.69) is 0 Å². The molecule has 9 heteroatoms. The number of hydrogen-bond acceptors (Lipinski definition) is 6. The molecule has 3 aliphatic heterocycles. The molecule has 3 saturated heterocycles. The van der Waals surface area contributed by atoms with E-state index in [1.807, 2.05) is 50.2 Å². The highest BCUT2D eigenvalue weighted by atomic mass is 16.5. The van der Waals surface area contributed by atoms with E-state index in [1.165, 1.54) is 0 Å². The van der Waals surface area contributed by atoms with Crippen molar-refractivity contribution in [1.29, 1.82) is 0 Å². The van der Waals surface area contributed by atoms with Gasteiger partial charge in [-0.1, -0.05) is 35.9 Å². The van der Waals surface area contributed by atoms with Crippen molar-refractivity contribution in [3.63, 3.8) is 0 Å². The highest BCUT2D eigenvalue weighted by Crippen LogP contribution is 2.39. The minimum atomic E-state index is -0.978. The molecule has 3 fully saturated rings. The maximum absolute atomic E-state index is 14.1. The molecule has 218 valence electrons. The summed E-state index contributed by atoms with van der Waals surface area (Å²) in [5.74, 6) is -0.884. The average molecular weight is 562 g/mol. The summed E-state index contributed by atoms with van der Waals surface area (Å²) in [5, 5.41) is 0. The predicted octanol–water partition coefficient (Wildman–Crippen LogP) is 3.58. The third-order valence-corrected chi connectivity index (χ3v) is 8.70. The van der Waals surface area contributed by atoms with Crippen molar-refractivity contribution in [1.82, 2.24) is 14.7 Å². The average Bonchev–Trinajstić information content (AvgIpc) is 3.35. The van der Waals surface area contributed by atoms with Gasteiger partial charge in [0.25, 0.3) is 11.8 Å². The van der Waals surface area contributed by atoms with E-state index in [9.17, 15) is 19.2 Å². The molecular weight excluding hydrogens is 522 g/mol. The lowest BCUT2D eigenvalue weighted by molar-refractivity contribution is -0.152. The van der Waals surface area contributed by atoms with Crippen LogP contribution in [0.15, 0.2) is 48.5 Å². The molecule has 5 rings (SSSR count). The topological polar surface area (TPSA) is 96.5 Å². The number of carbonyl (C=O) groups excluding carboxylic acids is 4. The lowest BCUT2D eigenvalue weighted by atomic mass is 9.94. The van der Waals surface area contributed by atoms with Gasteiger partial charge in [0.05, 0.1) is 19.1 Å². The number of benzene rings is 2. The Hall–Kier alpha value is -3.72. The molecule has 3 heterocycles. The summed E-state index contributed by atoms with van der Waals surface area (Å²) in [6.45, 7) is 7.79. The van der Waals surface area contributed by atoms with Gasteiger partial charge in [-0.3, -0.25) is 24.1 Å². The molecule has 1 spiro atoms. The molecule has 0 aromatic heterocycles. The second-order valence-corrected chi connectivity index (χ2v) is 11.3. The fourth-order valence-electron chi connectivity index (χ4n) is 6.24. The van der Waals surface area contributed by atoms with Gasteiger partial charge in [0.15, 0.2) is 0 Å². The van der Waals surface area contributed by atoms with Crippen LogP contribution in [0.3, 0.4) is 0 Å². The second kappa shape index (κ2) is 12.0. The van der Waals surface area contributed by atoms with E-state index < -0.39 is 11.8 Å². The number of aryl methyl sites for hydroxylation is 2. The first kappa shape index (κ1) is 28.8. The fourth-order valence-corrected chi connectivity index (χ4v) is 6.24. The summed E-state index contributed by atoms with van der Waals surface area (Å²) in [7, 11) is 0. The number of nitrogens with zero attached hydrogens (tertiary/aromatic N) is 3. The zero-order chi connectivity index (χ0) is 29.1. The van der Waals surface area contributed by atoms with Crippen LogP contribution in [0, 0.1) is 19.8 Å². The number of amides is 3. The third-order valence-electron chi connectivity index (χ3n) is 8.70. The molecule has 3 aliphatic rings. The molecule has 0 N–H and O–H groups in total. The largest absolute Gasteiger partial charge is 0.466 e. The lowest BCUT2D eigenvalue weighted by Gasteiger charge is -2.45. The first-order valence-corrected chi connectivity index (χ1v) is 14.6. The van der Waals surface area contributed by atoms with Crippen LogP contribution in [0.2, 0.25) is 0 Å². The number of hydrogen-bond donors (Lipinski definition) is 0. The number of likely N-dealkylation sites (tertiary alicyclic amines) is 2. The van der Waals surface area contributed by atoms with E-state index >= 15 is 0 Å². The normalized spacial score (nSPS) is 20.8. The molecule has 1 atom stereocenters. The Morgan fingerprint density at radius 1 is 0.878 bits per heavy atom. The summed E-state index contributed by atoms with van der Waals surface area (Å²) in [4.78, 5) is 58.7. The predicted molar refractivity (Wildman–Crippen MR) is 152 cm³/mol. The van der Waals surface area contributed by atoms with E-state index in [0.717, 1.165) is 11.1 Å². The van der Waals surface area contributed by atoms with Crippen molar-refractivity contribution >= 4 is 23.7 Å². The Labute approximate surface area is 241 Å². The van der Waals surface area contributed by atoms with Crippen molar-refractivity contribution in [3.8, 4) is 0 Å². The Kier molecular flexibility index (Phi) is 8.45. The summed E-state index contributed by atoms with van der Waals surface area (Å²) < 4.78 is 11.6. The first-order valence-electron chi connectivity index (χ1n) is 14.6. The molecule has 3 amide bonds. The minimum Gasteiger partial charge on any atom is -0.466 e. The zero-order valence-electron chi connectivity index (χ0n) is 24.1. The van der Waals surface area contributed by atoms with Gasteiger partial charge in [0.2, 0.25) is 5.91 Å². The Bertz CT molecular complexity index is 1290. The van der Waals surface area contributed by atoms with E-state index in [-0.39, 0.29) is 36.2 Å². The van der Waals surface area contributed by atoms with Crippen LogP contribution < -0.4 is 0 Å². The summed E-state index contributed by atoms with van der Waals surface area (Å²) in [6.07, 6.45) is 1.89. The number of rotatable bonds is 5. The Morgan fingerprint density at radius 3 is 2.17 bits per heavy atom. The fraction of sp³-hybridized carbons (Fsp3) is 0.500. The van der Waals surface area contributed by atoms with Gasteiger partial charge in [0.1, 0.15) is 11.8 Å². The molecule has 0 radical (unpaired) electrons. The molecule has 2 aromatic rings. The number of ether oxygens (including phenoxy) is 2. The van der Waals surface area contributed by atoms with E-state index in [4.69, 9.17) is 9.47 Å². The molecule has 0 saturated carbocycles. The van der Waals surface area contributed by atoms with Crippen LogP contribution in [-0.4, -0.2) is 89.6 Å². The van der Waals surface area contributed by atoms with Crippen LogP contribution in [0.1, 0.15) is 64.4 Å². The highest BCUT2D eigenvalue weighted by molar-refractivity contribution is 5.99. The molecule has 41 heavy (non-hydrogen) atoms. The molecular formula is C32H39N3O6. The van der Waals surface area contributed by atoms with Crippen molar-refractivity contribution in [3.05, 3.63) is 70.8 Å². The number of carbonyl (C=O) groups is 4. The van der Waals surface area contributed by atoms with Crippen molar-refractivity contribution in [2.45, 2.75) is 58.2 Å². The van der Waals surface area contributed by atoms with Gasteiger partial charge in [0, 0.05) is 50.1 Å². The van der Waals surface area contributed by atoms with Crippen molar-refractivity contribution in [2.75, 3.05) is 39.4 Å². The van der Waals surface area contributed by atoms with Crippen LogP contribution in [0.25, 0.3) is 0 Å². The Morgan fingerprint density at radius 2 is 1.54 bits per heavy atom. The number of piperidine rings is 2. The maximum atomic E-state index is 14.1. The smallest absolute Gasteiger partial charge is 0.309 e. The third kappa shape index (κ3) is 5.73. The van der Waals surface area contributed by atoms with Gasteiger partial charge in [-0.2, -0.15) is 0 Å². The van der Waals surface area contributed by atoms with Crippen molar-refractivity contribution < 1.29 is 28.7 Å². The van der Waals surface area contributed by atoms with Crippen LogP contribution in [-0.2, 0) is 19.1 Å². The minimum absolute atomic E-state index is 0.0375. The quantitative estimate of drug-likeness (QED) is 0.518. The molecule has 0 unspecified atom stereocenters. The maximum Gasteiger partial charge on any atom is 0.309 e. The van der Waals surface area contributed by atoms with E-state index in [1.54, 1.807) is 33.8 Å². The standard InChI is InChI=1S/C32H39N3O6/c1-4-40-31(39)25-13-17-33(18-14-25)30(38)27-21-41-32(35(27)28(36)24-11-9-22(2)10-12-24)15-19-34(20-16-32)29(37)26-8-6-5-7-23(26)3/h5-12,25,27H,4,13-21H2,1-3H3/t27-/m0/s1.